The van der Waals surface area contributed by atoms with Crippen molar-refractivity contribution >= 4 is 17.4 Å². The van der Waals surface area contributed by atoms with Crippen molar-refractivity contribution in [3.05, 3.63) is 70.9 Å². The number of methoxy groups -OCH3 is 2. The Morgan fingerprint density at radius 1 is 0.933 bits per heavy atom. The van der Waals surface area contributed by atoms with Crippen LogP contribution in [0.4, 0.5) is 0 Å². The molecular formula is C24H26N2O4. The van der Waals surface area contributed by atoms with Gasteiger partial charge in [-0.1, -0.05) is 36.4 Å². The minimum Gasteiger partial charge on any atom is -0.497 e. The van der Waals surface area contributed by atoms with Crippen LogP contribution in [0, 0.1) is 0 Å². The van der Waals surface area contributed by atoms with Crippen molar-refractivity contribution in [2.45, 2.75) is 19.4 Å². The molecule has 0 saturated heterocycles. The van der Waals surface area contributed by atoms with E-state index < -0.39 is 0 Å². The predicted octanol–water partition coefficient (Wildman–Crippen LogP) is 2.87. The molecule has 0 atom stereocenters. The average molecular weight is 406 g/mol. The zero-order valence-corrected chi connectivity index (χ0v) is 17.4. The van der Waals surface area contributed by atoms with Crippen molar-refractivity contribution in [1.29, 1.82) is 0 Å². The third kappa shape index (κ3) is 3.71. The number of hydrogen-bond donors (Lipinski definition) is 0. The molecule has 0 saturated carbocycles. The first-order valence-corrected chi connectivity index (χ1v) is 10.2. The first-order valence-electron chi connectivity index (χ1n) is 10.2. The molecule has 4 rings (SSSR count). The summed E-state index contributed by atoms with van der Waals surface area (Å²) >= 11 is 0. The Labute approximate surface area is 176 Å². The Kier molecular flexibility index (Phi) is 5.86. The minimum absolute atomic E-state index is 0.221. The van der Waals surface area contributed by atoms with Crippen LogP contribution in [0.2, 0.25) is 0 Å². The zero-order valence-electron chi connectivity index (χ0n) is 17.4. The van der Waals surface area contributed by atoms with E-state index in [0.717, 1.165) is 12.0 Å². The number of rotatable bonds is 7. The lowest BCUT2D eigenvalue weighted by molar-refractivity contribution is -0.137. The van der Waals surface area contributed by atoms with Crippen LogP contribution < -0.4 is 4.74 Å². The van der Waals surface area contributed by atoms with E-state index >= 15 is 0 Å². The van der Waals surface area contributed by atoms with Gasteiger partial charge in [-0.25, -0.2) is 0 Å². The Hall–Kier alpha value is -3.12. The molecule has 2 aliphatic rings. The summed E-state index contributed by atoms with van der Waals surface area (Å²) in [6.45, 7) is 2.17. The number of hydrogen-bond acceptors (Lipinski definition) is 5. The van der Waals surface area contributed by atoms with E-state index in [9.17, 15) is 9.59 Å². The van der Waals surface area contributed by atoms with Gasteiger partial charge in [-0.3, -0.25) is 14.5 Å². The standard InChI is InChI=1S/C24H26N2O4/c1-29-15-5-13-26-23(27)21(18-8-10-20(30-2)11-9-18)22(24(26)28)25-14-12-17-6-3-4-7-19(17)16-25/h3-4,6-11H,5,12-16H2,1-2H3. The van der Waals surface area contributed by atoms with E-state index in [0.29, 0.717) is 49.7 Å². The summed E-state index contributed by atoms with van der Waals surface area (Å²) in [5.74, 6) is 0.248. The van der Waals surface area contributed by atoms with Crippen molar-refractivity contribution < 1.29 is 19.1 Å². The lowest BCUT2D eigenvalue weighted by atomic mass is 9.98. The minimum atomic E-state index is -0.241. The molecule has 0 radical (unpaired) electrons. The van der Waals surface area contributed by atoms with Gasteiger partial charge in [-0.05, 0) is 41.7 Å². The Bertz CT molecular complexity index is 981. The first-order chi connectivity index (χ1) is 14.6. The topological polar surface area (TPSA) is 59.1 Å². The van der Waals surface area contributed by atoms with Crippen LogP contribution in [0.3, 0.4) is 0 Å². The normalized spacial score (nSPS) is 16.3. The third-order valence-electron chi connectivity index (χ3n) is 5.70. The monoisotopic (exact) mass is 406 g/mol. The molecule has 2 heterocycles. The number of imide groups is 1. The van der Waals surface area contributed by atoms with Crippen LogP contribution in [0.1, 0.15) is 23.1 Å². The molecule has 2 aromatic carbocycles. The molecule has 0 unspecified atom stereocenters. The van der Waals surface area contributed by atoms with E-state index in [1.807, 2.05) is 36.4 Å². The predicted molar refractivity (Wildman–Crippen MR) is 114 cm³/mol. The number of ether oxygens (including phenoxy) is 2. The number of amides is 2. The summed E-state index contributed by atoms with van der Waals surface area (Å²) in [4.78, 5) is 30.1. The van der Waals surface area contributed by atoms with Crippen molar-refractivity contribution in [2.75, 3.05) is 33.9 Å². The van der Waals surface area contributed by atoms with E-state index in [-0.39, 0.29) is 11.8 Å². The van der Waals surface area contributed by atoms with Gasteiger partial charge in [-0.2, -0.15) is 0 Å². The largest absolute Gasteiger partial charge is 0.497 e. The van der Waals surface area contributed by atoms with E-state index in [1.54, 1.807) is 14.2 Å². The van der Waals surface area contributed by atoms with Crippen LogP contribution in [-0.4, -0.2) is 55.5 Å². The Balaban J connectivity index is 1.72. The second-order valence-electron chi connectivity index (χ2n) is 7.50. The van der Waals surface area contributed by atoms with Crippen LogP contribution in [0.5, 0.6) is 5.75 Å². The molecule has 156 valence electrons. The average Bonchev–Trinajstić information content (AvgIpc) is 3.03. The molecule has 0 aromatic heterocycles. The highest BCUT2D eigenvalue weighted by molar-refractivity contribution is 6.35. The van der Waals surface area contributed by atoms with Crippen LogP contribution in [0.25, 0.3) is 5.57 Å². The number of benzene rings is 2. The summed E-state index contributed by atoms with van der Waals surface area (Å²) in [5.41, 5.74) is 4.20. The third-order valence-corrected chi connectivity index (χ3v) is 5.70. The van der Waals surface area contributed by atoms with Gasteiger partial charge in [0.2, 0.25) is 0 Å². The van der Waals surface area contributed by atoms with E-state index in [2.05, 4.69) is 17.0 Å². The SMILES string of the molecule is COCCCN1C(=O)C(c2ccc(OC)cc2)=C(N2CCc3ccccc3C2)C1=O. The molecule has 2 amide bonds. The highest BCUT2D eigenvalue weighted by Crippen LogP contribution is 2.35. The van der Waals surface area contributed by atoms with E-state index in [4.69, 9.17) is 9.47 Å². The van der Waals surface area contributed by atoms with Crippen molar-refractivity contribution in [1.82, 2.24) is 9.80 Å². The summed E-state index contributed by atoms with van der Waals surface area (Å²) in [6, 6.07) is 15.6. The van der Waals surface area contributed by atoms with Gasteiger partial charge in [0, 0.05) is 33.4 Å². The lowest BCUT2D eigenvalue weighted by Crippen LogP contribution is -2.38. The molecule has 0 aliphatic carbocycles. The molecule has 0 N–H and O–H groups in total. The number of fused-ring (bicyclic) bond motifs is 1. The summed E-state index contributed by atoms with van der Waals surface area (Å²) in [7, 11) is 3.22. The zero-order chi connectivity index (χ0) is 21.1. The van der Waals surface area contributed by atoms with Gasteiger partial charge in [0.25, 0.3) is 11.8 Å². The van der Waals surface area contributed by atoms with Gasteiger partial charge < -0.3 is 14.4 Å². The maximum absolute atomic E-state index is 13.4. The van der Waals surface area contributed by atoms with Gasteiger partial charge in [0.15, 0.2) is 0 Å². The maximum Gasteiger partial charge on any atom is 0.277 e. The number of nitrogens with zero attached hydrogens (tertiary/aromatic N) is 2. The molecule has 6 heteroatoms. The van der Waals surface area contributed by atoms with Crippen molar-refractivity contribution in [2.24, 2.45) is 0 Å². The highest BCUT2D eigenvalue weighted by atomic mass is 16.5. The Morgan fingerprint density at radius 3 is 2.37 bits per heavy atom. The van der Waals surface area contributed by atoms with Crippen LogP contribution >= 0.6 is 0 Å². The first kappa shape index (κ1) is 20.2. The molecule has 6 nitrogen and oxygen atoms in total. The molecular weight excluding hydrogens is 380 g/mol. The van der Waals surface area contributed by atoms with E-state index in [1.165, 1.54) is 16.0 Å². The Morgan fingerprint density at radius 2 is 1.67 bits per heavy atom. The smallest absolute Gasteiger partial charge is 0.277 e. The van der Waals surface area contributed by atoms with Gasteiger partial charge in [-0.15, -0.1) is 0 Å². The highest BCUT2D eigenvalue weighted by Gasteiger charge is 2.41. The summed E-state index contributed by atoms with van der Waals surface area (Å²) in [6.07, 6.45) is 1.46. The van der Waals surface area contributed by atoms with Gasteiger partial charge in [0.1, 0.15) is 11.4 Å². The molecule has 2 aliphatic heterocycles. The fourth-order valence-electron chi connectivity index (χ4n) is 4.13. The fraction of sp³-hybridized carbons (Fsp3) is 0.333. The quantitative estimate of drug-likeness (QED) is 0.523. The molecule has 2 aromatic rings. The van der Waals surface area contributed by atoms with Crippen molar-refractivity contribution in [3.8, 4) is 5.75 Å². The maximum atomic E-state index is 13.4. The van der Waals surface area contributed by atoms with Gasteiger partial charge in [0.05, 0.1) is 12.7 Å². The summed E-state index contributed by atoms with van der Waals surface area (Å²) < 4.78 is 10.4. The van der Waals surface area contributed by atoms with Crippen molar-refractivity contribution in [3.63, 3.8) is 0 Å². The van der Waals surface area contributed by atoms with Gasteiger partial charge >= 0.3 is 0 Å². The molecule has 0 fully saturated rings. The van der Waals surface area contributed by atoms with Crippen LogP contribution in [0.15, 0.2) is 54.2 Å². The second kappa shape index (κ2) is 8.71. The molecule has 30 heavy (non-hydrogen) atoms. The number of carbonyl (C=O) groups excluding carboxylic acids is 2. The fourth-order valence-corrected chi connectivity index (χ4v) is 4.13. The molecule has 0 bridgehead atoms. The molecule has 0 spiro atoms. The second-order valence-corrected chi connectivity index (χ2v) is 7.50. The summed E-state index contributed by atoms with van der Waals surface area (Å²) in [5, 5.41) is 0. The lowest BCUT2D eigenvalue weighted by Gasteiger charge is -2.31. The number of carbonyl (C=O) groups is 2. The van der Waals surface area contributed by atoms with Crippen LogP contribution in [-0.2, 0) is 27.3 Å².